The first kappa shape index (κ1) is 21.8. The minimum Gasteiger partial charge on any atom is -0.325 e. The molecule has 0 unspecified atom stereocenters. The third kappa shape index (κ3) is 5.26. The first-order valence-electron chi connectivity index (χ1n) is 9.44. The Hall–Kier alpha value is -4.41. The Morgan fingerprint density at radius 1 is 0.879 bits per heavy atom. The fraction of sp³-hybridized carbons (Fsp3) is 0.0455. The van der Waals surface area contributed by atoms with Crippen LogP contribution in [0.2, 0.25) is 0 Å². The van der Waals surface area contributed by atoms with Crippen molar-refractivity contribution in [1.82, 2.24) is 19.9 Å². The van der Waals surface area contributed by atoms with Gasteiger partial charge in [0.2, 0.25) is 0 Å². The standard InChI is InChI=1S/C22H14F4N6O/c23-16-4-2-1-3-15(16)17-11-27-12-20(30-17)32-21(33)13-7-8-28-19(9-13)31-18-6-5-14(10-29-18)22(24,25)26/h1-12H,(H,28,29,31)(H,30,32,33). The van der Waals surface area contributed by atoms with Crippen LogP contribution in [0, 0.1) is 5.82 Å². The molecule has 0 saturated heterocycles. The Bertz CT molecular complexity index is 1290. The van der Waals surface area contributed by atoms with E-state index in [2.05, 4.69) is 30.6 Å². The van der Waals surface area contributed by atoms with Crippen LogP contribution in [-0.4, -0.2) is 25.8 Å². The van der Waals surface area contributed by atoms with Crippen LogP contribution in [0.15, 0.2) is 73.3 Å². The van der Waals surface area contributed by atoms with Crippen molar-refractivity contribution in [2.75, 3.05) is 10.6 Å². The van der Waals surface area contributed by atoms with Gasteiger partial charge >= 0.3 is 6.18 Å². The van der Waals surface area contributed by atoms with Gasteiger partial charge in [0, 0.05) is 23.5 Å². The van der Waals surface area contributed by atoms with E-state index >= 15 is 0 Å². The number of carbonyl (C=O) groups is 1. The monoisotopic (exact) mass is 454 g/mol. The molecule has 0 radical (unpaired) electrons. The summed E-state index contributed by atoms with van der Waals surface area (Å²) < 4.78 is 52.0. The van der Waals surface area contributed by atoms with E-state index in [0.29, 0.717) is 6.20 Å². The van der Waals surface area contributed by atoms with Crippen LogP contribution < -0.4 is 10.6 Å². The lowest BCUT2D eigenvalue weighted by atomic mass is 10.1. The normalized spacial score (nSPS) is 11.2. The van der Waals surface area contributed by atoms with Crippen molar-refractivity contribution in [3.63, 3.8) is 0 Å². The number of aromatic nitrogens is 4. The van der Waals surface area contributed by atoms with Gasteiger partial charge in [-0.1, -0.05) is 12.1 Å². The molecule has 33 heavy (non-hydrogen) atoms. The number of benzene rings is 1. The van der Waals surface area contributed by atoms with E-state index in [1.807, 2.05) is 0 Å². The Labute approximate surface area is 184 Å². The Morgan fingerprint density at radius 3 is 2.42 bits per heavy atom. The zero-order chi connectivity index (χ0) is 23.4. The van der Waals surface area contributed by atoms with E-state index in [9.17, 15) is 22.4 Å². The summed E-state index contributed by atoms with van der Waals surface area (Å²) in [6.07, 6.45) is 0.242. The fourth-order valence-electron chi connectivity index (χ4n) is 2.82. The SMILES string of the molecule is O=C(Nc1cncc(-c2ccccc2F)n1)c1ccnc(Nc2ccc(C(F)(F)F)cn2)c1. The molecule has 3 heterocycles. The lowest BCUT2D eigenvalue weighted by Crippen LogP contribution is -2.14. The highest BCUT2D eigenvalue weighted by atomic mass is 19.4. The number of pyridine rings is 2. The highest BCUT2D eigenvalue weighted by Crippen LogP contribution is 2.29. The molecule has 0 aliphatic carbocycles. The summed E-state index contributed by atoms with van der Waals surface area (Å²) in [6, 6.07) is 10.9. The van der Waals surface area contributed by atoms with Crippen molar-refractivity contribution < 1.29 is 22.4 Å². The Morgan fingerprint density at radius 2 is 1.70 bits per heavy atom. The molecule has 0 atom stereocenters. The molecular formula is C22H14F4N6O. The summed E-state index contributed by atoms with van der Waals surface area (Å²) in [5.74, 6) is -0.591. The highest BCUT2D eigenvalue weighted by molar-refractivity contribution is 6.04. The summed E-state index contributed by atoms with van der Waals surface area (Å²) in [4.78, 5) is 28.6. The minimum atomic E-state index is -4.49. The number of rotatable bonds is 5. The minimum absolute atomic E-state index is 0.108. The van der Waals surface area contributed by atoms with Crippen molar-refractivity contribution in [3.8, 4) is 11.3 Å². The molecule has 4 rings (SSSR count). The summed E-state index contributed by atoms with van der Waals surface area (Å²) in [5, 5.41) is 5.31. The van der Waals surface area contributed by atoms with Crippen molar-refractivity contribution in [2.24, 2.45) is 0 Å². The summed E-state index contributed by atoms with van der Waals surface area (Å²) in [5.41, 5.74) is -0.206. The molecule has 1 amide bonds. The van der Waals surface area contributed by atoms with Gasteiger partial charge in [0.1, 0.15) is 17.5 Å². The largest absolute Gasteiger partial charge is 0.417 e. The number of nitrogens with zero attached hydrogens (tertiary/aromatic N) is 4. The molecule has 3 aromatic heterocycles. The maximum Gasteiger partial charge on any atom is 0.417 e. The number of anilines is 3. The Kier molecular flexibility index (Phi) is 5.94. The number of amides is 1. The van der Waals surface area contributed by atoms with Crippen LogP contribution >= 0.6 is 0 Å². The summed E-state index contributed by atoms with van der Waals surface area (Å²) in [7, 11) is 0. The number of halogens is 4. The van der Waals surface area contributed by atoms with Gasteiger partial charge < -0.3 is 10.6 Å². The molecule has 2 N–H and O–H groups in total. The molecule has 0 aliphatic rings. The average Bonchev–Trinajstić information content (AvgIpc) is 2.79. The molecule has 0 bridgehead atoms. The maximum atomic E-state index is 14.0. The van der Waals surface area contributed by atoms with Gasteiger partial charge in [-0.25, -0.2) is 19.3 Å². The van der Waals surface area contributed by atoms with Crippen LogP contribution in [0.4, 0.5) is 35.0 Å². The number of alkyl halides is 3. The molecule has 0 spiro atoms. The van der Waals surface area contributed by atoms with Gasteiger partial charge in [-0.2, -0.15) is 13.2 Å². The second-order valence-corrected chi connectivity index (χ2v) is 6.71. The molecule has 0 saturated carbocycles. The maximum absolute atomic E-state index is 14.0. The van der Waals surface area contributed by atoms with Crippen LogP contribution in [0.3, 0.4) is 0 Å². The van der Waals surface area contributed by atoms with E-state index < -0.39 is 23.5 Å². The lowest BCUT2D eigenvalue weighted by Gasteiger charge is -2.10. The van der Waals surface area contributed by atoms with Gasteiger partial charge in [-0.05, 0) is 36.4 Å². The molecule has 0 fully saturated rings. The van der Waals surface area contributed by atoms with Crippen molar-refractivity contribution in [2.45, 2.75) is 6.18 Å². The fourth-order valence-corrected chi connectivity index (χ4v) is 2.82. The van der Waals surface area contributed by atoms with Gasteiger partial charge in [0.05, 0.1) is 23.7 Å². The van der Waals surface area contributed by atoms with Crippen molar-refractivity contribution in [3.05, 3.63) is 90.3 Å². The highest BCUT2D eigenvalue weighted by Gasteiger charge is 2.30. The van der Waals surface area contributed by atoms with Gasteiger partial charge in [0.25, 0.3) is 5.91 Å². The summed E-state index contributed by atoms with van der Waals surface area (Å²) >= 11 is 0. The van der Waals surface area contributed by atoms with E-state index in [1.165, 1.54) is 36.8 Å². The van der Waals surface area contributed by atoms with Gasteiger partial charge in [-0.15, -0.1) is 0 Å². The number of carbonyl (C=O) groups excluding carboxylic acids is 1. The molecule has 4 aromatic rings. The molecule has 0 aliphatic heterocycles. The third-order valence-electron chi connectivity index (χ3n) is 4.40. The van der Waals surface area contributed by atoms with Gasteiger partial charge in [-0.3, -0.25) is 9.78 Å². The molecule has 7 nitrogen and oxygen atoms in total. The molecular weight excluding hydrogens is 440 g/mol. The van der Waals surface area contributed by atoms with E-state index in [0.717, 1.165) is 12.1 Å². The third-order valence-corrected chi connectivity index (χ3v) is 4.40. The van der Waals surface area contributed by atoms with E-state index in [4.69, 9.17) is 0 Å². The Balaban J connectivity index is 1.48. The average molecular weight is 454 g/mol. The second kappa shape index (κ2) is 8.99. The molecule has 11 heteroatoms. The van der Waals surface area contributed by atoms with Crippen molar-refractivity contribution >= 4 is 23.4 Å². The van der Waals surface area contributed by atoms with E-state index in [1.54, 1.807) is 18.2 Å². The van der Waals surface area contributed by atoms with Gasteiger partial charge in [0.15, 0.2) is 5.82 Å². The predicted octanol–water partition coefficient (Wildman–Crippen LogP) is 5.09. The first-order valence-corrected chi connectivity index (χ1v) is 9.44. The zero-order valence-electron chi connectivity index (χ0n) is 16.6. The van der Waals surface area contributed by atoms with Crippen LogP contribution in [0.25, 0.3) is 11.3 Å². The van der Waals surface area contributed by atoms with Crippen molar-refractivity contribution in [1.29, 1.82) is 0 Å². The number of nitrogens with one attached hydrogen (secondary N) is 2. The second-order valence-electron chi connectivity index (χ2n) is 6.71. The summed E-state index contributed by atoms with van der Waals surface area (Å²) in [6.45, 7) is 0. The number of hydrogen-bond donors (Lipinski definition) is 2. The number of hydrogen-bond acceptors (Lipinski definition) is 6. The van der Waals surface area contributed by atoms with E-state index in [-0.39, 0.29) is 34.3 Å². The molecule has 1 aromatic carbocycles. The van der Waals surface area contributed by atoms with Crippen LogP contribution in [0.5, 0.6) is 0 Å². The zero-order valence-corrected chi connectivity index (χ0v) is 16.6. The first-order chi connectivity index (χ1) is 15.8. The topological polar surface area (TPSA) is 92.7 Å². The molecule has 166 valence electrons. The van der Waals surface area contributed by atoms with Crippen LogP contribution in [-0.2, 0) is 6.18 Å². The lowest BCUT2D eigenvalue weighted by molar-refractivity contribution is -0.137. The smallest absolute Gasteiger partial charge is 0.325 e. The quantitative estimate of drug-likeness (QED) is 0.408. The van der Waals surface area contributed by atoms with Crippen LogP contribution in [0.1, 0.15) is 15.9 Å². The predicted molar refractivity (Wildman–Crippen MR) is 112 cm³/mol.